The standard InChI is InChI=1S/C22H30N2O2/c25-20-10-9-19-16-23(15-18-7-3-1-4-8-18)14-13-22(19)24(20)21(17-26-22)11-5-2-6-12-21/h1,3-4,7-8,19H,2,5-6,9-17H2/t19-,22-/m1/s1. The summed E-state index contributed by atoms with van der Waals surface area (Å²) in [5, 5.41) is 0. The lowest BCUT2D eigenvalue weighted by Crippen LogP contribution is -2.67. The topological polar surface area (TPSA) is 32.8 Å². The fourth-order valence-electron chi connectivity index (χ4n) is 6.11. The molecule has 3 aliphatic heterocycles. The molecule has 0 aromatic heterocycles. The van der Waals surface area contributed by atoms with Crippen LogP contribution in [0.5, 0.6) is 0 Å². The summed E-state index contributed by atoms with van der Waals surface area (Å²) in [6.07, 6.45) is 8.74. The van der Waals surface area contributed by atoms with Crippen LogP contribution in [0, 0.1) is 5.92 Å². The maximum atomic E-state index is 13.0. The lowest BCUT2D eigenvalue weighted by molar-refractivity contribution is -0.197. The Bertz CT molecular complexity index is 670. The maximum Gasteiger partial charge on any atom is 0.225 e. The fraction of sp³-hybridized carbons (Fsp3) is 0.682. The van der Waals surface area contributed by atoms with Crippen LogP contribution >= 0.6 is 0 Å². The number of likely N-dealkylation sites (tertiary alicyclic amines) is 1. The Balaban J connectivity index is 1.38. The molecular formula is C22H30N2O2. The quantitative estimate of drug-likeness (QED) is 0.814. The molecule has 1 aliphatic carbocycles. The highest BCUT2D eigenvalue weighted by atomic mass is 16.5. The fourth-order valence-corrected chi connectivity index (χ4v) is 6.11. The average Bonchev–Trinajstić information content (AvgIpc) is 2.99. The minimum atomic E-state index is -0.306. The predicted molar refractivity (Wildman–Crippen MR) is 100 cm³/mol. The summed E-state index contributed by atoms with van der Waals surface area (Å²) in [6, 6.07) is 10.7. The van der Waals surface area contributed by atoms with Gasteiger partial charge in [0.05, 0.1) is 12.1 Å². The number of hydrogen-bond acceptors (Lipinski definition) is 3. The highest BCUT2D eigenvalue weighted by Crippen LogP contribution is 2.53. The summed E-state index contributed by atoms with van der Waals surface area (Å²) in [7, 11) is 0. The molecule has 2 atom stereocenters. The molecule has 1 aromatic rings. The van der Waals surface area contributed by atoms with E-state index in [1.165, 1.54) is 24.8 Å². The number of amides is 1. The second kappa shape index (κ2) is 6.35. The highest BCUT2D eigenvalue weighted by Gasteiger charge is 2.63. The van der Waals surface area contributed by atoms with Crippen molar-refractivity contribution >= 4 is 5.91 Å². The molecule has 3 heterocycles. The molecular weight excluding hydrogens is 324 g/mol. The molecule has 0 bridgehead atoms. The summed E-state index contributed by atoms with van der Waals surface area (Å²) < 4.78 is 6.59. The average molecular weight is 354 g/mol. The second-order valence-corrected chi connectivity index (χ2v) is 8.85. The van der Waals surface area contributed by atoms with Crippen LogP contribution in [0.15, 0.2) is 30.3 Å². The van der Waals surface area contributed by atoms with Gasteiger partial charge in [-0.05, 0) is 24.8 Å². The van der Waals surface area contributed by atoms with E-state index in [0.29, 0.717) is 18.2 Å². The van der Waals surface area contributed by atoms with Gasteiger partial charge >= 0.3 is 0 Å². The van der Waals surface area contributed by atoms with E-state index in [-0.39, 0.29) is 11.3 Å². The zero-order valence-corrected chi connectivity index (χ0v) is 15.7. The number of hydrogen-bond donors (Lipinski definition) is 0. The molecule has 4 aliphatic rings. The molecule has 3 saturated heterocycles. The smallest absolute Gasteiger partial charge is 0.225 e. The third-order valence-electron chi connectivity index (χ3n) is 7.34. The third-order valence-corrected chi connectivity index (χ3v) is 7.34. The van der Waals surface area contributed by atoms with Crippen LogP contribution in [-0.4, -0.2) is 46.7 Å². The van der Waals surface area contributed by atoms with Crippen molar-refractivity contribution in [3.63, 3.8) is 0 Å². The Morgan fingerprint density at radius 1 is 1.08 bits per heavy atom. The molecule has 0 unspecified atom stereocenters. The third kappa shape index (κ3) is 2.53. The van der Waals surface area contributed by atoms with Gasteiger partial charge in [-0.1, -0.05) is 49.6 Å². The number of piperidine rings is 2. The molecule has 5 rings (SSSR count). The van der Waals surface area contributed by atoms with Gasteiger partial charge in [0.15, 0.2) is 0 Å². The van der Waals surface area contributed by atoms with E-state index >= 15 is 0 Å². The van der Waals surface area contributed by atoms with Crippen molar-refractivity contribution in [3.8, 4) is 0 Å². The zero-order valence-electron chi connectivity index (χ0n) is 15.7. The Kier molecular flexibility index (Phi) is 4.09. The van der Waals surface area contributed by atoms with E-state index in [2.05, 4.69) is 40.1 Å². The first-order valence-electron chi connectivity index (χ1n) is 10.5. The van der Waals surface area contributed by atoms with Crippen molar-refractivity contribution < 1.29 is 9.53 Å². The summed E-state index contributed by atoms with van der Waals surface area (Å²) in [5.41, 5.74) is 1.08. The highest BCUT2D eigenvalue weighted by molar-refractivity contribution is 5.79. The van der Waals surface area contributed by atoms with E-state index < -0.39 is 0 Å². The van der Waals surface area contributed by atoms with Gasteiger partial charge in [-0.15, -0.1) is 0 Å². The molecule has 26 heavy (non-hydrogen) atoms. The summed E-state index contributed by atoms with van der Waals surface area (Å²) >= 11 is 0. The number of carbonyl (C=O) groups is 1. The first kappa shape index (κ1) is 16.8. The van der Waals surface area contributed by atoms with Crippen LogP contribution in [0.25, 0.3) is 0 Å². The molecule has 4 heteroatoms. The van der Waals surface area contributed by atoms with E-state index in [4.69, 9.17) is 4.74 Å². The van der Waals surface area contributed by atoms with Gasteiger partial charge in [0.2, 0.25) is 5.91 Å². The largest absolute Gasteiger partial charge is 0.353 e. The normalized spacial score (nSPS) is 33.9. The first-order valence-corrected chi connectivity index (χ1v) is 10.5. The van der Waals surface area contributed by atoms with E-state index in [9.17, 15) is 4.79 Å². The minimum Gasteiger partial charge on any atom is -0.353 e. The van der Waals surface area contributed by atoms with Crippen LogP contribution < -0.4 is 0 Å². The van der Waals surface area contributed by atoms with Crippen LogP contribution in [0.2, 0.25) is 0 Å². The van der Waals surface area contributed by atoms with Gasteiger partial charge in [-0.2, -0.15) is 0 Å². The first-order chi connectivity index (χ1) is 12.7. The van der Waals surface area contributed by atoms with Crippen molar-refractivity contribution in [1.82, 2.24) is 9.80 Å². The van der Waals surface area contributed by atoms with Gasteiger partial charge in [0.1, 0.15) is 5.72 Å². The van der Waals surface area contributed by atoms with E-state index in [0.717, 1.165) is 51.9 Å². The molecule has 4 nitrogen and oxygen atoms in total. The lowest BCUT2D eigenvalue weighted by atomic mass is 9.75. The number of nitrogens with zero attached hydrogens (tertiary/aromatic N) is 2. The lowest BCUT2D eigenvalue weighted by Gasteiger charge is -2.55. The van der Waals surface area contributed by atoms with E-state index in [1.54, 1.807) is 0 Å². The molecule has 0 radical (unpaired) electrons. The van der Waals surface area contributed by atoms with Crippen molar-refractivity contribution in [2.24, 2.45) is 5.92 Å². The molecule has 4 fully saturated rings. The van der Waals surface area contributed by atoms with Crippen LogP contribution in [0.3, 0.4) is 0 Å². The van der Waals surface area contributed by atoms with Crippen molar-refractivity contribution in [1.29, 1.82) is 0 Å². The van der Waals surface area contributed by atoms with E-state index in [1.807, 2.05) is 0 Å². The second-order valence-electron chi connectivity index (χ2n) is 8.85. The number of rotatable bonds is 2. The SMILES string of the molecule is O=C1CC[C@@H]2CN(Cc3ccccc3)CC[C@@]23OCC2(CCCCC2)N13. The summed E-state index contributed by atoms with van der Waals surface area (Å²) in [6.45, 7) is 3.85. The Labute approximate surface area is 156 Å². The Morgan fingerprint density at radius 2 is 1.88 bits per heavy atom. The van der Waals surface area contributed by atoms with Gasteiger partial charge < -0.3 is 9.64 Å². The maximum absolute atomic E-state index is 13.0. The molecule has 1 saturated carbocycles. The Morgan fingerprint density at radius 3 is 2.69 bits per heavy atom. The van der Waals surface area contributed by atoms with Crippen molar-refractivity contribution in [2.75, 3.05) is 19.7 Å². The zero-order chi connectivity index (χ0) is 17.6. The number of carbonyl (C=O) groups excluding carboxylic acids is 1. The van der Waals surface area contributed by atoms with Crippen LogP contribution in [0.4, 0.5) is 0 Å². The van der Waals surface area contributed by atoms with Gasteiger partial charge in [-0.25, -0.2) is 0 Å². The van der Waals surface area contributed by atoms with Crippen molar-refractivity contribution in [3.05, 3.63) is 35.9 Å². The van der Waals surface area contributed by atoms with Gasteiger partial charge in [-0.3, -0.25) is 9.69 Å². The van der Waals surface area contributed by atoms with Crippen LogP contribution in [0.1, 0.15) is 56.9 Å². The number of fused-ring (bicyclic) bond motifs is 1. The number of ether oxygens (including phenoxy) is 1. The molecule has 0 N–H and O–H groups in total. The molecule has 140 valence electrons. The molecule has 1 amide bonds. The summed E-state index contributed by atoms with van der Waals surface area (Å²) in [5.74, 6) is 0.816. The van der Waals surface area contributed by atoms with Crippen LogP contribution in [-0.2, 0) is 16.1 Å². The number of benzene rings is 1. The monoisotopic (exact) mass is 354 g/mol. The van der Waals surface area contributed by atoms with Crippen molar-refractivity contribution in [2.45, 2.75) is 69.2 Å². The Hall–Kier alpha value is -1.39. The van der Waals surface area contributed by atoms with Gasteiger partial charge in [0.25, 0.3) is 0 Å². The summed E-state index contributed by atoms with van der Waals surface area (Å²) in [4.78, 5) is 17.9. The molecule has 1 aromatic carbocycles. The predicted octanol–water partition coefficient (Wildman–Crippen LogP) is 3.56. The van der Waals surface area contributed by atoms with Gasteiger partial charge in [0, 0.05) is 38.4 Å². The molecule has 2 spiro atoms. The minimum absolute atomic E-state index is 0.00953.